The molecule has 3 rings (SSSR count). The second-order valence-electron chi connectivity index (χ2n) is 5.01. The summed E-state index contributed by atoms with van der Waals surface area (Å²) in [5.41, 5.74) is 1.82. The van der Waals surface area contributed by atoms with Crippen molar-refractivity contribution in [3.8, 4) is 0 Å². The molecule has 0 N–H and O–H groups in total. The molecule has 0 bridgehead atoms. The molecule has 0 aliphatic carbocycles. The third-order valence-electron chi connectivity index (χ3n) is 3.41. The van der Waals surface area contributed by atoms with Crippen molar-refractivity contribution >= 4 is 43.2 Å². The second kappa shape index (κ2) is 5.74. The molecular formula is C15H12ClFN2O2S2. The van der Waals surface area contributed by atoms with Gasteiger partial charge in [-0.3, -0.25) is 0 Å². The summed E-state index contributed by atoms with van der Waals surface area (Å²) in [5.74, 6) is -0.501. The van der Waals surface area contributed by atoms with Crippen molar-refractivity contribution < 1.29 is 12.8 Å². The van der Waals surface area contributed by atoms with Crippen LogP contribution in [0.2, 0.25) is 5.02 Å². The van der Waals surface area contributed by atoms with Crippen molar-refractivity contribution in [2.45, 2.75) is 11.8 Å². The van der Waals surface area contributed by atoms with Crippen LogP contribution in [0, 0.1) is 12.7 Å². The van der Waals surface area contributed by atoms with E-state index in [1.165, 1.54) is 23.5 Å². The smallest absolute Gasteiger partial charge is 0.285 e. The Balaban J connectivity index is 2.26. The maximum atomic E-state index is 13.0. The van der Waals surface area contributed by atoms with Gasteiger partial charge in [0, 0.05) is 7.05 Å². The van der Waals surface area contributed by atoms with Gasteiger partial charge in [-0.15, -0.1) is 4.40 Å². The molecule has 0 atom stereocenters. The Kier molecular flexibility index (Phi) is 4.03. The summed E-state index contributed by atoms with van der Waals surface area (Å²) in [6.07, 6.45) is 0. The first-order valence-corrected chi connectivity index (χ1v) is 9.24. The number of fused-ring (bicyclic) bond motifs is 1. The van der Waals surface area contributed by atoms with Crippen LogP contribution in [-0.2, 0) is 17.1 Å². The SMILES string of the molecule is Cc1ccc(Cl)c2sc(=NS(=O)(=O)c3ccc(F)cc3)n(C)c12. The number of thiazole rings is 1. The number of benzene rings is 2. The average Bonchev–Trinajstić information content (AvgIpc) is 2.81. The van der Waals surface area contributed by atoms with Gasteiger partial charge >= 0.3 is 0 Å². The predicted octanol–water partition coefficient (Wildman–Crippen LogP) is 3.63. The van der Waals surface area contributed by atoms with Crippen LogP contribution in [0.1, 0.15) is 5.56 Å². The fourth-order valence-electron chi connectivity index (χ4n) is 2.26. The van der Waals surface area contributed by atoms with Crippen LogP contribution in [0.3, 0.4) is 0 Å². The monoisotopic (exact) mass is 370 g/mol. The van der Waals surface area contributed by atoms with Crippen molar-refractivity contribution in [1.29, 1.82) is 0 Å². The van der Waals surface area contributed by atoms with E-state index in [0.717, 1.165) is 27.9 Å². The Morgan fingerprint density at radius 2 is 1.83 bits per heavy atom. The van der Waals surface area contributed by atoms with E-state index in [1.54, 1.807) is 17.7 Å². The molecule has 1 heterocycles. The molecule has 0 saturated heterocycles. The third-order valence-corrected chi connectivity index (χ3v) is 6.40. The number of halogens is 2. The number of rotatable bonds is 2. The standard InChI is InChI=1S/C15H12ClFN2O2S2/c1-9-3-8-12(16)14-13(9)19(2)15(22-14)18-23(20,21)11-6-4-10(17)5-7-11/h3-8H,1-2H3. The summed E-state index contributed by atoms with van der Waals surface area (Å²) in [4.78, 5) is 0.250. The topological polar surface area (TPSA) is 51.4 Å². The van der Waals surface area contributed by atoms with Crippen molar-refractivity contribution in [1.82, 2.24) is 4.57 Å². The molecule has 0 aliphatic rings. The Morgan fingerprint density at radius 1 is 1.17 bits per heavy atom. The van der Waals surface area contributed by atoms with Crippen LogP contribution in [0.5, 0.6) is 0 Å². The van der Waals surface area contributed by atoms with Crippen LogP contribution in [0.4, 0.5) is 4.39 Å². The predicted molar refractivity (Wildman–Crippen MR) is 89.7 cm³/mol. The van der Waals surface area contributed by atoms with Gasteiger partial charge in [0.2, 0.25) is 4.80 Å². The van der Waals surface area contributed by atoms with Gasteiger partial charge in [-0.25, -0.2) is 4.39 Å². The zero-order chi connectivity index (χ0) is 16.8. The zero-order valence-corrected chi connectivity index (χ0v) is 14.6. The van der Waals surface area contributed by atoms with E-state index in [-0.39, 0.29) is 4.90 Å². The molecule has 8 heteroatoms. The van der Waals surface area contributed by atoms with Crippen molar-refractivity contribution in [3.05, 3.63) is 57.6 Å². The zero-order valence-electron chi connectivity index (χ0n) is 12.2. The summed E-state index contributed by atoms with van der Waals surface area (Å²) >= 11 is 7.38. The number of sulfonamides is 1. The highest BCUT2D eigenvalue weighted by Crippen LogP contribution is 2.28. The van der Waals surface area contributed by atoms with Crippen LogP contribution in [0.15, 0.2) is 45.7 Å². The minimum atomic E-state index is -3.92. The van der Waals surface area contributed by atoms with Crippen LogP contribution >= 0.6 is 22.9 Å². The maximum absolute atomic E-state index is 13.0. The Hall–Kier alpha value is -1.70. The molecule has 0 unspecified atom stereocenters. The average molecular weight is 371 g/mol. The molecule has 1 aromatic heterocycles. The number of aromatic nitrogens is 1. The highest BCUT2D eigenvalue weighted by Gasteiger charge is 2.15. The number of nitrogens with zero attached hydrogens (tertiary/aromatic N) is 2. The van der Waals surface area contributed by atoms with Gasteiger partial charge in [0.1, 0.15) is 5.82 Å². The molecule has 23 heavy (non-hydrogen) atoms. The van der Waals surface area contributed by atoms with E-state index in [1.807, 2.05) is 13.0 Å². The van der Waals surface area contributed by atoms with Gasteiger partial charge in [0.05, 0.1) is 20.1 Å². The summed E-state index contributed by atoms with van der Waals surface area (Å²) in [6, 6.07) is 8.21. The summed E-state index contributed by atoms with van der Waals surface area (Å²) in [5, 5.41) is 0.548. The third kappa shape index (κ3) is 2.91. The van der Waals surface area contributed by atoms with Crippen molar-refractivity contribution in [2.75, 3.05) is 0 Å². The van der Waals surface area contributed by atoms with Crippen molar-refractivity contribution in [3.63, 3.8) is 0 Å². The minimum absolute atomic E-state index is 0.0563. The number of hydrogen-bond acceptors (Lipinski definition) is 3. The fraction of sp³-hybridized carbons (Fsp3) is 0.133. The first-order chi connectivity index (χ1) is 10.8. The lowest BCUT2D eigenvalue weighted by atomic mass is 10.2. The molecule has 0 saturated carbocycles. The molecule has 0 amide bonds. The van der Waals surface area contributed by atoms with Crippen LogP contribution < -0.4 is 4.80 Å². The molecular weight excluding hydrogens is 359 g/mol. The lowest BCUT2D eigenvalue weighted by Gasteiger charge is -2.01. The quantitative estimate of drug-likeness (QED) is 0.691. The highest BCUT2D eigenvalue weighted by atomic mass is 35.5. The van der Waals surface area contributed by atoms with E-state index in [9.17, 15) is 12.8 Å². The van der Waals surface area contributed by atoms with Gasteiger partial charge < -0.3 is 4.57 Å². The molecule has 0 aliphatic heterocycles. The van der Waals surface area contributed by atoms with E-state index >= 15 is 0 Å². The summed E-state index contributed by atoms with van der Waals surface area (Å²) in [7, 11) is -2.18. The van der Waals surface area contributed by atoms with E-state index < -0.39 is 15.8 Å². The molecule has 120 valence electrons. The Bertz CT molecular complexity index is 1070. The Labute approximate surface area is 141 Å². The first kappa shape index (κ1) is 16.2. The highest BCUT2D eigenvalue weighted by molar-refractivity contribution is 7.90. The number of hydrogen-bond donors (Lipinski definition) is 0. The molecule has 0 spiro atoms. The molecule has 2 aromatic carbocycles. The molecule has 3 aromatic rings. The lowest BCUT2D eigenvalue weighted by Crippen LogP contribution is -2.14. The van der Waals surface area contributed by atoms with E-state index in [4.69, 9.17) is 11.6 Å². The van der Waals surface area contributed by atoms with Gasteiger partial charge in [-0.2, -0.15) is 8.42 Å². The Morgan fingerprint density at radius 3 is 2.43 bits per heavy atom. The normalized spacial score (nSPS) is 13.0. The molecule has 4 nitrogen and oxygen atoms in total. The van der Waals surface area contributed by atoms with Crippen molar-refractivity contribution in [2.24, 2.45) is 11.4 Å². The largest absolute Gasteiger partial charge is 0.319 e. The maximum Gasteiger partial charge on any atom is 0.285 e. The van der Waals surface area contributed by atoms with Crippen LogP contribution in [0.25, 0.3) is 10.2 Å². The van der Waals surface area contributed by atoms with Gasteiger partial charge in [0.25, 0.3) is 10.0 Å². The fourth-order valence-corrected chi connectivity index (χ4v) is 4.85. The first-order valence-electron chi connectivity index (χ1n) is 6.61. The summed E-state index contributed by atoms with van der Waals surface area (Å²) < 4.78 is 44.1. The van der Waals surface area contributed by atoms with E-state index in [0.29, 0.717) is 9.82 Å². The second-order valence-corrected chi connectivity index (χ2v) is 7.99. The van der Waals surface area contributed by atoms with Gasteiger partial charge in [0.15, 0.2) is 0 Å². The molecule has 0 radical (unpaired) electrons. The van der Waals surface area contributed by atoms with Crippen LogP contribution in [-0.4, -0.2) is 13.0 Å². The van der Waals surface area contributed by atoms with E-state index in [2.05, 4.69) is 4.40 Å². The lowest BCUT2D eigenvalue weighted by molar-refractivity contribution is 0.595. The van der Waals surface area contributed by atoms with Gasteiger partial charge in [-0.05, 0) is 42.8 Å². The minimum Gasteiger partial charge on any atom is -0.319 e. The van der Waals surface area contributed by atoms with Gasteiger partial charge in [-0.1, -0.05) is 29.0 Å². The molecule has 0 fully saturated rings. The summed E-state index contributed by atoms with van der Waals surface area (Å²) in [6.45, 7) is 1.92. The number of aryl methyl sites for hydroxylation is 2.